The Balaban J connectivity index is 1.76. The number of hydrogen-bond acceptors (Lipinski definition) is 5. The minimum atomic E-state index is 0.121. The number of thioether (sulfide) groups is 1. The number of aryl methyl sites for hydroxylation is 1. The Bertz CT molecular complexity index is 893. The van der Waals surface area contributed by atoms with Gasteiger partial charge in [-0.05, 0) is 45.4 Å². The molecule has 0 atom stereocenters. The van der Waals surface area contributed by atoms with Gasteiger partial charge in [-0.3, -0.25) is 9.36 Å². The van der Waals surface area contributed by atoms with Gasteiger partial charge in [-0.15, -0.1) is 10.2 Å². The van der Waals surface area contributed by atoms with Gasteiger partial charge in [0, 0.05) is 30.0 Å². The van der Waals surface area contributed by atoms with Crippen LogP contribution in [0.15, 0.2) is 34.0 Å². The van der Waals surface area contributed by atoms with Crippen molar-refractivity contribution >= 4 is 17.5 Å². The van der Waals surface area contributed by atoms with Crippen LogP contribution in [0.3, 0.4) is 0 Å². The van der Waals surface area contributed by atoms with Crippen LogP contribution in [0.1, 0.15) is 42.0 Å². The second kappa shape index (κ2) is 7.95. The number of hydrogen-bond donors (Lipinski definition) is 0. The zero-order chi connectivity index (χ0) is 18.7. The molecule has 0 saturated heterocycles. The number of nitrogens with zero attached hydrogens (tertiary/aromatic N) is 4. The average molecular weight is 372 g/mol. The van der Waals surface area contributed by atoms with Gasteiger partial charge in [0.25, 0.3) is 0 Å². The molecule has 0 aliphatic heterocycles. The van der Waals surface area contributed by atoms with Crippen molar-refractivity contribution < 1.29 is 9.21 Å². The molecule has 6 nitrogen and oxygen atoms in total. The highest BCUT2D eigenvalue weighted by Crippen LogP contribution is 2.25. The fourth-order valence-electron chi connectivity index (χ4n) is 3.13. The van der Waals surface area contributed by atoms with Crippen molar-refractivity contribution in [3.8, 4) is 11.6 Å². The number of carbonyl (C=O) groups is 1. The normalized spacial score (nSPS) is 11.2. The first kappa shape index (κ1) is 18.5. The first-order chi connectivity index (χ1) is 12.6. The summed E-state index contributed by atoms with van der Waals surface area (Å²) in [5.74, 6) is 1.83. The Kier molecular flexibility index (Phi) is 5.66. The van der Waals surface area contributed by atoms with Gasteiger partial charge < -0.3 is 8.98 Å². The molecule has 0 saturated carbocycles. The van der Waals surface area contributed by atoms with Crippen LogP contribution >= 0.6 is 11.8 Å². The highest BCUT2D eigenvalue weighted by molar-refractivity contribution is 7.99. The lowest BCUT2D eigenvalue weighted by atomic mass is 10.2. The minimum Gasteiger partial charge on any atom is -0.461 e. The quantitative estimate of drug-likeness (QED) is 0.434. The molecule has 3 heterocycles. The summed E-state index contributed by atoms with van der Waals surface area (Å²) >= 11 is 1.42. The number of aromatic nitrogens is 4. The first-order valence-electron chi connectivity index (χ1n) is 8.86. The number of rotatable bonds is 8. The van der Waals surface area contributed by atoms with E-state index in [2.05, 4.69) is 28.6 Å². The molecule has 0 aromatic carbocycles. The van der Waals surface area contributed by atoms with E-state index in [1.54, 1.807) is 6.26 Å². The maximum Gasteiger partial charge on any atom is 0.200 e. The van der Waals surface area contributed by atoms with Gasteiger partial charge in [-0.2, -0.15) is 0 Å². The number of furan rings is 1. The molecule has 0 amide bonds. The Morgan fingerprint density at radius 3 is 2.69 bits per heavy atom. The summed E-state index contributed by atoms with van der Waals surface area (Å²) in [4.78, 5) is 12.7. The fourth-order valence-corrected chi connectivity index (χ4v) is 4.01. The van der Waals surface area contributed by atoms with E-state index in [4.69, 9.17) is 4.42 Å². The Labute approximate surface area is 157 Å². The molecule has 0 radical (unpaired) electrons. The van der Waals surface area contributed by atoms with E-state index in [0.717, 1.165) is 35.1 Å². The Morgan fingerprint density at radius 1 is 1.23 bits per heavy atom. The van der Waals surface area contributed by atoms with Gasteiger partial charge in [0.05, 0.1) is 12.0 Å². The van der Waals surface area contributed by atoms with Crippen molar-refractivity contribution in [1.29, 1.82) is 0 Å². The maximum atomic E-state index is 12.7. The van der Waals surface area contributed by atoms with Crippen molar-refractivity contribution in [2.45, 2.75) is 52.4 Å². The summed E-state index contributed by atoms with van der Waals surface area (Å²) in [5.41, 5.74) is 2.98. The molecule has 3 aromatic rings. The topological polar surface area (TPSA) is 65.8 Å². The van der Waals surface area contributed by atoms with E-state index in [0.29, 0.717) is 23.9 Å². The molecule has 0 aliphatic rings. The van der Waals surface area contributed by atoms with Crippen LogP contribution in [0.25, 0.3) is 11.6 Å². The predicted octanol–water partition coefficient (Wildman–Crippen LogP) is 4.36. The molecule has 3 rings (SSSR count). The van der Waals surface area contributed by atoms with E-state index < -0.39 is 0 Å². The van der Waals surface area contributed by atoms with Gasteiger partial charge in [-0.25, -0.2) is 0 Å². The van der Waals surface area contributed by atoms with E-state index >= 15 is 0 Å². The van der Waals surface area contributed by atoms with Gasteiger partial charge in [-0.1, -0.05) is 18.7 Å². The van der Waals surface area contributed by atoms with Crippen LogP contribution < -0.4 is 0 Å². The monoisotopic (exact) mass is 372 g/mol. The minimum absolute atomic E-state index is 0.121. The van der Waals surface area contributed by atoms with Crippen molar-refractivity contribution in [1.82, 2.24) is 19.3 Å². The Morgan fingerprint density at radius 2 is 2.04 bits per heavy atom. The second-order valence-corrected chi connectivity index (χ2v) is 7.12. The zero-order valence-corrected chi connectivity index (χ0v) is 16.5. The van der Waals surface area contributed by atoms with Crippen LogP contribution in [-0.4, -0.2) is 30.9 Å². The van der Waals surface area contributed by atoms with Crippen LogP contribution in [-0.2, 0) is 13.1 Å². The molecule has 138 valence electrons. The SMILES string of the molecule is CCCn1c(C)cc(C(=O)CSc2nnc(-c3ccco3)n2CC)c1C. The van der Waals surface area contributed by atoms with Crippen LogP contribution in [0.2, 0.25) is 0 Å². The third-order valence-corrected chi connectivity index (χ3v) is 5.40. The highest BCUT2D eigenvalue weighted by atomic mass is 32.2. The largest absolute Gasteiger partial charge is 0.461 e. The second-order valence-electron chi connectivity index (χ2n) is 6.18. The lowest BCUT2D eigenvalue weighted by Gasteiger charge is -2.08. The van der Waals surface area contributed by atoms with Crippen molar-refractivity contribution in [3.05, 3.63) is 41.4 Å². The molecule has 0 N–H and O–H groups in total. The molecule has 3 aromatic heterocycles. The molecule has 0 aliphatic carbocycles. The lowest BCUT2D eigenvalue weighted by molar-refractivity contribution is 0.102. The summed E-state index contributed by atoms with van der Waals surface area (Å²) in [5, 5.41) is 9.20. The first-order valence-corrected chi connectivity index (χ1v) is 9.85. The molecule has 26 heavy (non-hydrogen) atoms. The fraction of sp³-hybridized carbons (Fsp3) is 0.421. The van der Waals surface area contributed by atoms with Gasteiger partial charge >= 0.3 is 0 Å². The number of carbonyl (C=O) groups excluding carboxylic acids is 1. The van der Waals surface area contributed by atoms with Gasteiger partial charge in [0.15, 0.2) is 22.5 Å². The van der Waals surface area contributed by atoms with Crippen LogP contribution in [0.5, 0.6) is 0 Å². The molecule has 0 spiro atoms. The summed E-state index contributed by atoms with van der Waals surface area (Å²) in [6, 6.07) is 5.68. The van der Waals surface area contributed by atoms with Gasteiger partial charge in [0.2, 0.25) is 0 Å². The van der Waals surface area contributed by atoms with Crippen molar-refractivity contribution in [2.75, 3.05) is 5.75 Å². The van der Waals surface area contributed by atoms with Crippen LogP contribution in [0, 0.1) is 13.8 Å². The highest BCUT2D eigenvalue weighted by Gasteiger charge is 2.19. The lowest BCUT2D eigenvalue weighted by Crippen LogP contribution is -2.07. The van der Waals surface area contributed by atoms with E-state index in [9.17, 15) is 4.79 Å². The molecule has 0 fully saturated rings. The van der Waals surface area contributed by atoms with E-state index in [-0.39, 0.29) is 5.78 Å². The average Bonchev–Trinajstić information content (AvgIpc) is 3.34. The molecular formula is C19H24N4O2S. The summed E-state index contributed by atoms with van der Waals surface area (Å²) in [6.45, 7) is 9.89. The third kappa shape index (κ3) is 3.49. The summed E-state index contributed by atoms with van der Waals surface area (Å²) in [7, 11) is 0. The zero-order valence-electron chi connectivity index (χ0n) is 15.7. The van der Waals surface area contributed by atoms with Crippen molar-refractivity contribution in [2.24, 2.45) is 0 Å². The smallest absolute Gasteiger partial charge is 0.200 e. The summed E-state index contributed by atoms with van der Waals surface area (Å²) in [6.07, 6.45) is 2.67. The predicted molar refractivity (Wildman–Crippen MR) is 103 cm³/mol. The number of ketones is 1. The van der Waals surface area contributed by atoms with Crippen LogP contribution in [0.4, 0.5) is 0 Å². The molecule has 7 heteroatoms. The van der Waals surface area contributed by atoms with Gasteiger partial charge in [0.1, 0.15) is 0 Å². The maximum absolute atomic E-state index is 12.7. The number of Topliss-reactive ketones (excluding diaryl/α,β-unsaturated/α-hetero) is 1. The third-order valence-electron chi connectivity index (χ3n) is 4.43. The van der Waals surface area contributed by atoms with Crippen molar-refractivity contribution in [3.63, 3.8) is 0 Å². The van der Waals surface area contributed by atoms with E-state index in [1.807, 2.05) is 36.6 Å². The standard InChI is InChI=1S/C19H24N4O2S/c1-5-9-23-13(3)11-15(14(23)4)16(24)12-26-19-21-20-18(22(19)6-2)17-8-7-10-25-17/h7-8,10-11H,5-6,9,12H2,1-4H3. The summed E-state index contributed by atoms with van der Waals surface area (Å²) < 4.78 is 9.60. The Hall–Kier alpha value is -2.28. The molecule has 0 unspecified atom stereocenters. The molecular weight excluding hydrogens is 348 g/mol. The molecule has 0 bridgehead atoms. The van der Waals surface area contributed by atoms with E-state index in [1.165, 1.54) is 11.8 Å².